The lowest BCUT2D eigenvalue weighted by Gasteiger charge is -2.26. The zero-order valence-electron chi connectivity index (χ0n) is 10.2. The van der Waals surface area contributed by atoms with Crippen LogP contribution in [0.2, 0.25) is 0 Å². The molecule has 0 aromatic carbocycles. The molecule has 0 bridgehead atoms. The Kier molecular flexibility index (Phi) is 3.28. The summed E-state index contributed by atoms with van der Waals surface area (Å²) in [7, 11) is 2.04. The van der Waals surface area contributed by atoms with Crippen LogP contribution >= 0.6 is 15.9 Å². The SMILES string of the molecule is CNCC1CCN(C2CC2)C1c1occc1Br. The molecule has 1 saturated heterocycles. The molecule has 2 fully saturated rings. The Morgan fingerprint density at radius 1 is 1.47 bits per heavy atom. The first kappa shape index (κ1) is 11.8. The highest BCUT2D eigenvalue weighted by atomic mass is 79.9. The third-order valence-corrected chi connectivity index (χ3v) is 4.61. The third kappa shape index (κ3) is 2.18. The smallest absolute Gasteiger partial charge is 0.135 e. The summed E-state index contributed by atoms with van der Waals surface area (Å²) in [5.74, 6) is 1.79. The summed E-state index contributed by atoms with van der Waals surface area (Å²) in [6.45, 7) is 2.29. The van der Waals surface area contributed by atoms with Crippen LogP contribution in [-0.4, -0.2) is 31.1 Å². The van der Waals surface area contributed by atoms with Gasteiger partial charge in [-0.1, -0.05) is 0 Å². The fourth-order valence-corrected chi connectivity index (χ4v) is 3.49. The fourth-order valence-electron chi connectivity index (χ4n) is 3.06. The minimum Gasteiger partial charge on any atom is -0.466 e. The highest BCUT2D eigenvalue weighted by Crippen LogP contribution is 2.45. The first-order valence-electron chi connectivity index (χ1n) is 6.44. The van der Waals surface area contributed by atoms with Crippen molar-refractivity contribution in [2.45, 2.75) is 31.3 Å². The zero-order valence-corrected chi connectivity index (χ0v) is 11.7. The van der Waals surface area contributed by atoms with E-state index in [0.717, 1.165) is 22.8 Å². The number of nitrogens with zero attached hydrogens (tertiary/aromatic N) is 1. The first-order valence-corrected chi connectivity index (χ1v) is 7.23. The predicted molar refractivity (Wildman–Crippen MR) is 70.9 cm³/mol. The van der Waals surface area contributed by atoms with Gasteiger partial charge in [0.1, 0.15) is 5.76 Å². The van der Waals surface area contributed by atoms with Crippen LogP contribution < -0.4 is 5.32 Å². The van der Waals surface area contributed by atoms with Crippen molar-refractivity contribution < 1.29 is 4.42 Å². The normalized spacial score (nSPS) is 30.0. The van der Waals surface area contributed by atoms with Crippen molar-refractivity contribution in [3.8, 4) is 0 Å². The molecule has 4 heteroatoms. The van der Waals surface area contributed by atoms with Crippen molar-refractivity contribution in [1.29, 1.82) is 0 Å². The monoisotopic (exact) mass is 298 g/mol. The van der Waals surface area contributed by atoms with Crippen LogP contribution in [0.3, 0.4) is 0 Å². The van der Waals surface area contributed by atoms with Gasteiger partial charge in [0.05, 0.1) is 16.8 Å². The Bertz CT molecular complexity index is 389. The van der Waals surface area contributed by atoms with E-state index >= 15 is 0 Å². The molecule has 2 heterocycles. The van der Waals surface area contributed by atoms with Gasteiger partial charge in [-0.05, 0) is 67.3 Å². The van der Waals surface area contributed by atoms with Gasteiger partial charge in [0.15, 0.2) is 0 Å². The molecule has 1 aromatic rings. The topological polar surface area (TPSA) is 28.4 Å². The highest BCUT2D eigenvalue weighted by molar-refractivity contribution is 9.10. The van der Waals surface area contributed by atoms with E-state index in [4.69, 9.17) is 4.42 Å². The van der Waals surface area contributed by atoms with Crippen molar-refractivity contribution in [2.24, 2.45) is 5.92 Å². The molecule has 1 aliphatic carbocycles. The summed E-state index contributed by atoms with van der Waals surface area (Å²) in [6, 6.07) is 3.27. The van der Waals surface area contributed by atoms with Crippen LogP contribution in [0.1, 0.15) is 31.1 Å². The fraction of sp³-hybridized carbons (Fsp3) is 0.692. The Labute approximate surface area is 111 Å². The number of hydrogen-bond acceptors (Lipinski definition) is 3. The number of likely N-dealkylation sites (tertiary alicyclic amines) is 1. The molecule has 3 rings (SSSR count). The highest BCUT2D eigenvalue weighted by Gasteiger charge is 2.44. The summed E-state index contributed by atoms with van der Waals surface area (Å²) >= 11 is 3.61. The van der Waals surface area contributed by atoms with Gasteiger partial charge in [-0.2, -0.15) is 0 Å². The van der Waals surface area contributed by atoms with Gasteiger partial charge in [-0.15, -0.1) is 0 Å². The first-order chi connectivity index (χ1) is 8.31. The summed E-state index contributed by atoms with van der Waals surface area (Å²) in [5.41, 5.74) is 0. The molecule has 2 aliphatic rings. The molecule has 0 amide bonds. The van der Waals surface area contributed by atoms with E-state index in [1.807, 2.05) is 13.1 Å². The van der Waals surface area contributed by atoms with Crippen molar-refractivity contribution in [3.63, 3.8) is 0 Å². The van der Waals surface area contributed by atoms with Gasteiger partial charge < -0.3 is 9.73 Å². The summed E-state index contributed by atoms with van der Waals surface area (Å²) in [5, 5.41) is 3.32. The Morgan fingerprint density at radius 3 is 2.88 bits per heavy atom. The number of nitrogens with one attached hydrogen (secondary N) is 1. The minimum atomic E-state index is 0.458. The number of halogens is 1. The average Bonchev–Trinajstić information content (AvgIpc) is 2.96. The standard InChI is InChI=1S/C13H19BrN2O/c1-15-8-9-4-6-16(10-2-3-10)12(9)13-11(14)5-7-17-13/h5,7,9-10,12,15H,2-4,6,8H2,1H3. The molecule has 1 N–H and O–H groups in total. The van der Waals surface area contributed by atoms with E-state index in [0.29, 0.717) is 12.0 Å². The van der Waals surface area contributed by atoms with Crippen molar-refractivity contribution in [1.82, 2.24) is 10.2 Å². The molecule has 1 saturated carbocycles. The second-order valence-corrected chi connectivity index (χ2v) is 6.01. The molecule has 3 nitrogen and oxygen atoms in total. The van der Waals surface area contributed by atoms with Crippen LogP contribution in [-0.2, 0) is 0 Å². The van der Waals surface area contributed by atoms with E-state index < -0.39 is 0 Å². The quantitative estimate of drug-likeness (QED) is 0.926. The van der Waals surface area contributed by atoms with Crippen molar-refractivity contribution >= 4 is 15.9 Å². The molecule has 2 unspecified atom stereocenters. The molecule has 2 atom stereocenters. The number of hydrogen-bond donors (Lipinski definition) is 1. The Morgan fingerprint density at radius 2 is 2.29 bits per heavy atom. The maximum absolute atomic E-state index is 5.72. The van der Waals surface area contributed by atoms with Crippen LogP contribution in [0.15, 0.2) is 21.2 Å². The van der Waals surface area contributed by atoms with Crippen molar-refractivity contribution in [3.05, 3.63) is 22.6 Å². The molecular weight excluding hydrogens is 280 g/mol. The van der Waals surface area contributed by atoms with Crippen molar-refractivity contribution in [2.75, 3.05) is 20.1 Å². The van der Waals surface area contributed by atoms with Gasteiger partial charge >= 0.3 is 0 Å². The summed E-state index contributed by atoms with van der Waals surface area (Å²) < 4.78 is 6.84. The molecule has 17 heavy (non-hydrogen) atoms. The number of rotatable bonds is 4. The third-order valence-electron chi connectivity index (χ3n) is 3.96. The van der Waals surface area contributed by atoms with E-state index in [-0.39, 0.29) is 0 Å². The largest absolute Gasteiger partial charge is 0.466 e. The average molecular weight is 299 g/mol. The van der Waals surface area contributed by atoms with E-state index in [9.17, 15) is 0 Å². The van der Waals surface area contributed by atoms with Crippen LogP contribution in [0.5, 0.6) is 0 Å². The van der Waals surface area contributed by atoms with Gasteiger partial charge in [0, 0.05) is 6.04 Å². The lowest BCUT2D eigenvalue weighted by molar-refractivity contribution is 0.189. The second-order valence-electron chi connectivity index (χ2n) is 5.15. The van der Waals surface area contributed by atoms with Gasteiger partial charge in [0.25, 0.3) is 0 Å². The van der Waals surface area contributed by atoms with E-state index in [2.05, 4.69) is 26.1 Å². The molecule has 0 radical (unpaired) electrons. The molecule has 94 valence electrons. The van der Waals surface area contributed by atoms with Crippen LogP contribution in [0.4, 0.5) is 0 Å². The lowest BCUT2D eigenvalue weighted by Crippen LogP contribution is -2.30. The molecular formula is C13H19BrN2O. The summed E-state index contributed by atoms with van der Waals surface area (Å²) in [6.07, 6.45) is 5.79. The summed E-state index contributed by atoms with van der Waals surface area (Å²) in [4.78, 5) is 2.64. The Balaban J connectivity index is 1.86. The van der Waals surface area contributed by atoms with Gasteiger partial charge in [-0.25, -0.2) is 0 Å². The predicted octanol–water partition coefficient (Wildman–Crippen LogP) is 2.79. The van der Waals surface area contributed by atoms with Crippen LogP contribution in [0.25, 0.3) is 0 Å². The molecule has 1 aliphatic heterocycles. The number of furan rings is 1. The molecule has 0 spiro atoms. The Hall–Kier alpha value is -0.320. The zero-order chi connectivity index (χ0) is 11.8. The minimum absolute atomic E-state index is 0.458. The molecule has 1 aromatic heterocycles. The van der Waals surface area contributed by atoms with E-state index in [1.54, 1.807) is 6.26 Å². The van der Waals surface area contributed by atoms with Gasteiger partial charge in [0.2, 0.25) is 0 Å². The maximum Gasteiger partial charge on any atom is 0.135 e. The van der Waals surface area contributed by atoms with Gasteiger partial charge in [-0.3, -0.25) is 4.90 Å². The van der Waals surface area contributed by atoms with E-state index in [1.165, 1.54) is 25.8 Å². The second kappa shape index (κ2) is 4.75. The van der Waals surface area contributed by atoms with Crippen LogP contribution in [0, 0.1) is 5.92 Å². The lowest BCUT2D eigenvalue weighted by atomic mass is 9.98. The maximum atomic E-state index is 5.72.